The van der Waals surface area contributed by atoms with Gasteiger partial charge in [-0.05, 0) is 13.8 Å². The van der Waals surface area contributed by atoms with Crippen LogP contribution in [-0.4, -0.2) is 25.2 Å². The van der Waals surface area contributed by atoms with Crippen LogP contribution in [0.15, 0.2) is 0 Å². The summed E-state index contributed by atoms with van der Waals surface area (Å²) in [6, 6.07) is 0. The minimum atomic E-state index is -0.536. The molecule has 0 aliphatic heterocycles. The van der Waals surface area contributed by atoms with E-state index in [1.165, 1.54) is 0 Å². The maximum atomic E-state index is 10.6. The molecule has 0 amide bonds. The van der Waals surface area contributed by atoms with Crippen LogP contribution in [0, 0.1) is 0 Å². The van der Waals surface area contributed by atoms with E-state index in [1.54, 1.807) is 13.8 Å². The number of rotatable bonds is 4. The summed E-state index contributed by atoms with van der Waals surface area (Å²) in [6.07, 6.45) is -0.290. The highest BCUT2D eigenvalue weighted by atomic mass is 35.5. The van der Waals surface area contributed by atoms with Crippen molar-refractivity contribution >= 4 is 36.8 Å². The van der Waals surface area contributed by atoms with E-state index in [0.29, 0.717) is 0 Å². The van der Waals surface area contributed by atoms with Gasteiger partial charge in [0.2, 0.25) is 0 Å². The molecule has 0 atom stereocenters. The van der Waals surface area contributed by atoms with Gasteiger partial charge < -0.3 is 9.47 Å². The number of carbonyl (C=O) groups excluding carboxylic acids is 2. The molecule has 0 aliphatic carbocycles. The molecule has 80 valence electrons. The second-order valence-electron chi connectivity index (χ2n) is 1.79. The van der Waals surface area contributed by atoms with Gasteiger partial charge >= 0.3 is 11.9 Å². The van der Waals surface area contributed by atoms with Crippen molar-refractivity contribution in [2.75, 3.05) is 13.2 Å². The largest absolute Gasteiger partial charge is 0.466 e. The van der Waals surface area contributed by atoms with E-state index < -0.39 is 11.9 Å². The average Bonchev–Trinajstić information content (AvgIpc) is 1.87. The summed E-state index contributed by atoms with van der Waals surface area (Å²) in [5.41, 5.74) is 0. The second-order valence-corrected chi connectivity index (χ2v) is 1.79. The Morgan fingerprint density at radius 2 is 1.23 bits per heavy atom. The summed E-state index contributed by atoms with van der Waals surface area (Å²) < 4.78 is 9.04. The lowest BCUT2D eigenvalue weighted by Gasteiger charge is -2.00. The fraction of sp³-hybridized carbons (Fsp3) is 0.714. The number of ether oxygens (including phenoxy) is 2. The monoisotopic (exact) mass is 232 g/mol. The van der Waals surface area contributed by atoms with Gasteiger partial charge in [-0.25, -0.2) is 0 Å². The molecule has 0 N–H and O–H groups in total. The van der Waals surface area contributed by atoms with Crippen LogP contribution in [0.2, 0.25) is 0 Å². The molecule has 0 radical (unpaired) electrons. The van der Waals surface area contributed by atoms with Crippen LogP contribution in [0.1, 0.15) is 20.3 Å². The fourth-order valence-electron chi connectivity index (χ4n) is 0.542. The number of hydrogen-bond acceptors (Lipinski definition) is 4. The molecule has 0 rings (SSSR count). The third-order valence-electron chi connectivity index (χ3n) is 0.899. The Labute approximate surface area is 89.8 Å². The minimum Gasteiger partial charge on any atom is -0.466 e. The first kappa shape index (κ1) is 18.3. The van der Waals surface area contributed by atoms with E-state index >= 15 is 0 Å². The molecule has 0 saturated carbocycles. The smallest absolute Gasteiger partial charge is 0.317 e. The van der Waals surface area contributed by atoms with Crippen molar-refractivity contribution in [3.63, 3.8) is 0 Å². The maximum absolute atomic E-state index is 10.6. The van der Waals surface area contributed by atoms with Crippen molar-refractivity contribution in [1.29, 1.82) is 0 Å². The summed E-state index contributed by atoms with van der Waals surface area (Å²) in [6.45, 7) is 3.95. The topological polar surface area (TPSA) is 52.6 Å². The number of carbonyl (C=O) groups is 2. The van der Waals surface area contributed by atoms with Gasteiger partial charge in [-0.2, -0.15) is 0 Å². The number of esters is 2. The molecule has 0 aliphatic rings. The van der Waals surface area contributed by atoms with Crippen LogP contribution in [-0.2, 0) is 19.1 Å². The lowest BCUT2D eigenvalue weighted by atomic mass is 10.4. The summed E-state index contributed by atoms with van der Waals surface area (Å²) in [4.78, 5) is 21.2. The third-order valence-corrected chi connectivity index (χ3v) is 0.899. The zero-order chi connectivity index (χ0) is 8.69. The van der Waals surface area contributed by atoms with Crippen LogP contribution in [0.4, 0.5) is 0 Å². The summed E-state index contributed by atoms with van der Waals surface area (Å²) in [5.74, 6) is -1.07. The molecular formula is C7H14Cl2O4. The van der Waals surface area contributed by atoms with Gasteiger partial charge in [0.25, 0.3) is 0 Å². The van der Waals surface area contributed by atoms with E-state index in [4.69, 9.17) is 0 Å². The predicted octanol–water partition coefficient (Wildman–Crippen LogP) is 1.35. The van der Waals surface area contributed by atoms with Crippen molar-refractivity contribution in [3.05, 3.63) is 0 Å². The Bertz CT molecular complexity index is 133. The first-order valence-electron chi connectivity index (χ1n) is 3.52. The maximum Gasteiger partial charge on any atom is 0.317 e. The lowest BCUT2D eigenvalue weighted by Crippen LogP contribution is -2.13. The Morgan fingerprint density at radius 3 is 1.46 bits per heavy atom. The zero-order valence-corrected chi connectivity index (χ0v) is 9.20. The van der Waals surface area contributed by atoms with E-state index in [1.807, 2.05) is 0 Å². The van der Waals surface area contributed by atoms with Gasteiger partial charge in [-0.3, -0.25) is 9.59 Å². The standard InChI is InChI=1S/C7H12O4.2ClH/c1-3-10-6(8)5-7(9)11-4-2;;/h3-5H2,1-2H3;2*1H. The molecule has 0 unspecified atom stereocenters. The van der Waals surface area contributed by atoms with E-state index in [2.05, 4.69) is 9.47 Å². The number of halogens is 2. The van der Waals surface area contributed by atoms with Gasteiger partial charge in [0, 0.05) is 0 Å². The summed E-state index contributed by atoms with van der Waals surface area (Å²) in [7, 11) is 0. The molecule has 0 fully saturated rings. The molecule has 6 heteroatoms. The van der Waals surface area contributed by atoms with Crippen LogP contribution in [0.25, 0.3) is 0 Å². The third kappa shape index (κ3) is 11.5. The molecule has 0 saturated heterocycles. The van der Waals surface area contributed by atoms with Gasteiger partial charge in [-0.15, -0.1) is 24.8 Å². The van der Waals surface area contributed by atoms with Crippen LogP contribution < -0.4 is 0 Å². The summed E-state index contributed by atoms with van der Waals surface area (Å²) in [5, 5.41) is 0. The first-order chi connectivity index (χ1) is 5.20. The molecule has 4 nitrogen and oxygen atoms in total. The molecule has 0 heterocycles. The zero-order valence-electron chi connectivity index (χ0n) is 7.57. The van der Waals surface area contributed by atoms with E-state index in [0.717, 1.165) is 0 Å². The average molecular weight is 233 g/mol. The second kappa shape index (κ2) is 11.5. The van der Waals surface area contributed by atoms with Gasteiger partial charge in [0.05, 0.1) is 13.2 Å². The highest BCUT2D eigenvalue weighted by Gasteiger charge is 2.09. The van der Waals surface area contributed by atoms with Crippen molar-refractivity contribution in [1.82, 2.24) is 0 Å². The van der Waals surface area contributed by atoms with E-state index in [-0.39, 0.29) is 44.4 Å². The molecule has 0 aromatic carbocycles. The lowest BCUT2D eigenvalue weighted by molar-refractivity contribution is -0.153. The fourth-order valence-corrected chi connectivity index (χ4v) is 0.542. The Balaban J connectivity index is -0.000000500. The molecule has 0 bridgehead atoms. The Morgan fingerprint density at radius 1 is 0.923 bits per heavy atom. The predicted molar refractivity (Wildman–Crippen MR) is 52.4 cm³/mol. The molecule has 0 aromatic rings. The van der Waals surface area contributed by atoms with Crippen molar-refractivity contribution < 1.29 is 19.1 Å². The van der Waals surface area contributed by atoms with Gasteiger partial charge in [-0.1, -0.05) is 0 Å². The number of hydrogen-bond donors (Lipinski definition) is 0. The van der Waals surface area contributed by atoms with Crippen molar-refractivity contribution in [3.8, 4) is 0 Å². The van der Waals surface area contributed by atoms with Crippen molar-refractivity contribution in [2.45, 2.75) is 20.3 Å². The molecule has 0 aromatic heterocycles. The Kier molecular flexibility index (Phi) is 16.2. The van der Waals surface area contributed by atoms with Gasteiger partial charge in [0.1, 0.15) is 6.42 Å². The SMILES string of the molecule is CCOC(=O)CC(=O)OCC.Cl.Cl. The quantitative estimate of drug-likeness (QED) is 0.543. The highest BCUT2D eigenvalue weighted by Crippen LogP contribution is 1.89. The van der Waals surface area contributed by atoms with Crippen LogP contribution >= 0.6 is 24.8 Å². The molecule has 0 spiro atoms. The van der Waals surface area contributed by atoms with Gasteiger partial charge in [0.15, 0.2) is 0 Å². The minimum absolute atomic E-state index is 0. The van der Waals surface area contributed by atoms with Crippen LogP contribution in [0.5, 0.6) is 0 Å². The Hall–Kier alpha value is -0.480. The summed E-state index contributed by atoms with van der Waals surface area (Å²) >= 11 is 0. The van der Waals surface area contributed by atoms with Crippen molar-refractivity contribution in [2.24, 2.45) is 0 Å². The molecular weight excluding hydrogens is 219 g/mol. The van der Waals surface area contributed by atoms with Crippen LogP contribution in [0.3, 0.4) is 0 Å². The molecule has 13 heavy (non-hydrogen) atoms. The highest BCUT2D eigenvalue weighted by molar-refractivity contribution is 5.91. The first-order valence-corrected chi connectivity index (χ1v) is 3.52. The van der Waals surface area contributed by atoms with E-state index in [9.17, 15) is 9.59 Å². The normalized spacial score (nSPS) is 7.54.